The second kappa shape index (κ2) is 10.6. The molecule has 0 aliphatic heterocycles. The molecule has 0 atom stereocenters. The van der Waals surface area contributed by atoms with Crippen molar-refractivity contribution in [3.63, 3.8) is 0 Å². The van der Waals surface area contributed by atoms with Gasteiger partial charge in [0, 0.05) is 12.8 Å². The average Bonchev–Trinajstić information content (AvgIpc) is 2.39. The minimum atomic E-state index is -0.0737. The lowest BCUT2D eigenvalue weighted by atomic mass is 9.76. The first kappa shape index (κ1) is 16.4. The van der Waals surface area contributed by atoms with Crippen LogP contribution >= 0.6 is 0 Å². The number of ether oxygens (including phenoxy) is 1. The van der Waals surface area contributed by atoms with Gasteiger partial charge in [-0.05, 0) is 24.7 Å². The lowest BCUT2D eigenvalue weighted by molar-refractivity contribution is 0.0302. The molecule has 0 saturated heterocycles. The minimum Gasteiger partial charge on any atom is -0.380 e. The van der Waals surface area contributed by atoms with Crippen molar-refractivity contribution in [1.82, 2.24) is 0 Å². The minimum absolute atomic E-state index is 0.0737. The van der Waals surface area contributed by atoms with Gasteiger partial charge in [0.15, 0.2) is 0 Å². The van der Waals surface area contributed by atoms with E-state index in [4.69, 9.17) is 20.5 Å². The standard InChI is InChI=1S/C14H21N3O/c1-2-6-14(7-3-9-15,8-4-10-16)13-18-12-5-11-17/h2-8,12-13H2,1H3. The summed E-state index contributed by atoms with van der Waals surface area (Å²) in [6, 6.07) is 6.38. The van der Waals surface area contributed by atoms with Crippen LogP contribution in [0.1, 0.15) is 51.9 Å². The molecule has 4 nitrogen and oxygen atoms in total. The molecule has 0 spiro atoms. The summed E-state index contributed by atoms with van der Waals surface area (Å²) in [5.41, 5.74) is -0.0737. The predicted molar refractivity (Wildman–Crippen MR) is 68.1 cm³/mol. The summed E-state index contributed by atoms with van der Waals surface area (Å²) in [5.74, 6) is 0. The van der Waals surface area contributed by atoms with Gasteiger partial charge in [-0.2, -0.15) is 15.8 Å². The number of nitrogens with zero attached hydrogens (tertiary/aromatic N) is 3. The molecule has 0 aliphatic rings. The van der Waals surface area contributed by atoms with E-state index < -0.39 is 0 Å². The maximum atomic E-state index is 8.73. The second-order valence-electron chi connectivity index (χ2n) is 4.53. The Morgan fingerprint density at radius 1 is 0.889 bits per heavy atom. The third kappa shape index (κ3) is 6.89. The van der Waals surface area contributed by atoms with Gasteiger partial charge in [0.2, 0.25) is 0 Å². The predicted octanol–water partition coefficient (Wildman–Crippen LogP) is 3.31. The van der Waals surface area contributed by atoms with Gasteiger partial charge in [0.05, 0.1) is 37.8 Å². The van der Waals surface area contributed by atoms with Gasteiger partial charge in [0.25, 0.3) is 0 Å². The molecule has 0 saturated carbocycles. The lowest BCUT2D eigenvalue weighted by Crippen LogP contribution is -2.27. The molecule has 0 N–H and O–H groups in total. The van der Waals surface area contributed by atoms with Crippen LogP contribution in [-0.4, -0.2) is 13.2 Å². The van der Waals surface area contributed by atoms with E-state index >= 15 is 0 Å². The van der Waals surface area contributed by atoms with Crippen LogP contribution in [0.15, 0.2) is 0 Å². The van der Waals surface area contributed by atoms with Crippen LogP contribution in [-0.2, 0) is 4.74 Å². The molecule has 0 aromatic carbocycles. The van der Waals surface area contributed by atoms with Crippen LogP contribution in [0, 0.1) is 39.4 Å². The Labute approximate surface area is 110 Å². The Morgan fingerprint density at radius 2 is 1.44 bits per heavy atom. The first-order valence-corrected chi connectivity index (χ1v) is 6.43. The molecule has 0 aromatic heterocycles. The molecule has 0 fully saturated rings. The average molecular weight is 247 g/mol. The third-order valence-electron chi connectivity index (χ3n) is 3.08. The van der Waals surface area contributed by atoms with E-state index in [1.807, 2.05) is 6.07 Å². The van der Waals surface area contributed by atoms with Crippen molar-refractivity contribution in [3.05, 3.63) is 0 Å². The Balaban J connectivity index is 4.46. The first-order valence-electron chi connectivity index (χ1n) is 6.43. The fourth-order valence-electron chi connectivity index (χ4n) is 2.17. The molecule has 0 bridgehead atoms. The maximum absolute atomic E-state index is 8.73. The van der Waals surface area contributed by atoms with E-state index in [9.17, 15) is 0 Å². The molecule has 0 aromatic rings. The molecular weight excluding hydrogens is 226 g/mol. The number of nitriles is 3. The summed E-state index contributed by atoms with van der Waals surface area (Å²) in [4.78, 5) is 0. The summed E-state index contributed by atoms with van der Waals surface area (Å²) in [6.45, 7) is 3.08. The molecular formula is C14H21N3O. The number of rotatable bonds is 10. The zero-order chi connectivity index (χ0) is 13.7. The SMILES string of the molecule is CCCC(CCC#N)(CCC#N)COCCC#N. The van der Waals surface area contributed by atoms with Crippen molar-refractivity contribution in [2.45, 2.75) is 51.9 Å². The molecule has 0 unspecified atom stereocenters. The second-order valence-corrected chi connectivity index (χ2v) is 4.53. The van der Waals surface area contributed by atoms with Gasteiger partial charge < -0.3 is 4.74 Å². The van der Waals surface area contributed by atoms with Gasteiger partial charge in [0.1, 0.15) is 0 Å². The Hall–Kier alpha value is -1.57. The summed E-state index contributed by atoms with van der Waals surface area (Å²) in [5, 5.41) is 25.9. The monoisotopic (exact) mass is 247 g/mol. The normalized spacial score (nSPS) is 10.3. The highest BCUT2D eigenvalue weighted by Gasteiger charge is 2.28. The van der Waals surface area contributed by atoms with Gasteiger partial charge in [-0.3, -0.25) is 0 Å². The summed E-state index contributed by atoms with van der Waals surface area (Å²) in [7, 11) is 0. The molecule has 0 rings (SSSR count). The Morgan fingerprint density at radius 3 is 1.89 bits per heavy atom. The van der Waals surface area contributed by atoms with E-state index in [2.05, 4.69) is 19.1 Å². The van der Waals surface area contributed by atoms with E-state index in [-0.39, 0.29) is 5.41 Å². The largest absolute Gasteiger partial charge is 0.380 e. The Kier molecular flexibility index (Phi) is 9.65. The van der Waals surface area contributed by atoms with Crippen LogP contribution < -0.4 is 0 Å². The Bertz CT molecular complexity index is 314. The van der Waals surface area contributed by atoms with E-state index in [0.717, 1.165) is 25.7 Å². The topological polar surface area (TPSA) is 80.6 Å². The van der Waals surface area contributed by atoms with Crippen molar-refractivity contribution in [2.75, 3.05) is 13.2 Å². The summed E-state index contributed by atoms with van der Waals surface area (Å²) in [6.07, 6.45) is 4.89. The molecule has 0 amide bonds. The summed E-state index contributed by atoms with van der Waals surface area (Å²) < 4.78 is 5.54. The lowest BCUT2D eigenvalue weighted by Gasteiger charge is -2.32. The van der Waals surface area contributed by atoms with Crippen molar-refractivity contribution in [2.24, 2.45) is 5.41 Å². The van der Waals surface area contributed by atoms with Crippen LogP contribution in [0.4, 0.5) is 0 Å². The van der Waals surface area contributed by atoms with Crippen LogP contribution in [0.3, 0.4) is 0 Å². The zero-order valence-electron chi connectivity index (χ0n) is 11.1. The van der Waals surface area contributed by atoms with Gasteiger partial charge >= 0.3 is 0 Å². The fourth-order valence-corrected chi connectivity index (χ4v) is 2.17. The molecule has 0 radical (unpaired) electrons. The summed E-state index contributed by atoms with van der Waals surface area (Å²) >= 11 is 0. The van der Waals surface area contributed by atoms with Crippen molar-refractivity contribution < 1.29 is 4.74 Å². The highest BCUT2D eigenvalue weighted by atomic mass is 16.5. The first-order chi connectivity index (χ1) is 8.74. The highest BCUT2D eigenvalue weighted by molar-refractivity contribution is 4.87. The number of hydrogen-bond acceptors (Lipinski definition) is 4. The molecule has 4 heteroatoms. The van der Waals surface area contributed by atoms with Gasteiger partial charge in [-0.1, -0.05) is 13.3 Å². The van der Waals surface area contributed by atoms with Crippen molar-refractivity contribution in [3.8, 4) is 18.2 Å². The van der Waals surface area contributed by atoms with Crippen LogP contribution in [0.5, 0.6) is 0 Å². The molecule has 0 heterocycles. The number of hydrogen-bond donors (Lipinski definition) is 0. The molecule has 18 heavy (non-hydrogen) atoms. The van der Waals surface area contributed by atoms with Gasteiger partial charge in [-0.15, -0.1) is 0 Å². The van der Waals surface area contributed by atoms with Crippen LogP contribution in [0.2, 0.25) is 0 Å². The van der Waals surface area contributed by atoms with Gasteiger partial charge in [-0.25, -0.2) is 0 Å². The smallest absolute Gasteiger partial charge is 0.0645 e. The molecule has 0 aliphatic carbocycles. The molecule has 98 valence electrons. The fraction of sp³-hybridized carbons (Fsp3) is 0.786. The quantitative estimate of drug-likeness (QED) is 0.554. The third-order valence-corrected chi connectivity index (χ3v) is 3.08. The zero-order valence-corrected chi connectivity index (χ0v) is 11.1. The maximum Gasteiger partial charge on any atom is 0.0645 e. The van der Waals surface area contributed by atoms with Crippen molar-refractivity contribution >= 4 is 0 Å². The van der Waals surface area contributed by atoms with Crippen molar-refractivity contribution in [1.29, 1.82) is 15.8 Å². The van der Waals surface area contributed by atoms with E-state index in [1.165, 1.54) is 0 Å². The highest BCUT2D eigenvalue weighted by Crippen LogP contribution is 2.35. The van der Waals surface area contributed by atoms with E-state index in [0.29, 0.717) is 32.5 Å². The van der Waals surface area contributed by atoms with Crippen LogP contribution in [0.25, 0.3) is 0 Å². The van der Waals surface area contributed by atoms with E-state index in [1.54, 1.807) is 0 Å².